The van der Waals surface area contributed by atoms with Gasteiger partial charge < -0.3 is 0 Å². The van der Waals surface area contributed by atoms with Gasteiger partial charge >= 0.3 is 74.2 Å². The number of rotatable bonds is 6. The van der Waals surface area contributed by atoms with Crippen molar-refractivity contribution in [3.05, 3.63) is 12.2 Å². The third kappa shape index (κ3) is 11.9. The van der Waals surface area contributed by atoms with E-state index in [0.29, 0.717) is 0 Å². The Kier molecular flexibility index (Phi) is 4.35. The Bertz CT molecular complexity index is 180. The van der Waals surface area contributed by atoms with Gasteiger partial charge in [0.15, 0.2) is 0 Å². The molecule has 80 valence electrons. The van der Waals surface area contributed by atoms with Crippen molar-refractivity contribution in [2.75, 3.05) is 19.8 Å². The first-order chi connectivity index (χ1) is 5.67. The molecule has 0 heterocycles. The van der Waals surface area contributed by atoms with Crippen LogP contribution in [-0.4, -0.2) is 29.6 Å². The van der Waals surface area contributed by atoms with Crippen molar-refractivity contribution >= 4 is 7.91 Å². The molecule has 0 saturated heterocycles. The van der Waals surface area contributed by atoms with Crippen molar-refractivity contribution < 1.29 is 27.4 Å². The molecule has 0 aromatic heterocycles. The second-order valence-corrected chi connectivity index (χ2v) is 4.37. The van der Waals surface area contributed by atoms with E-state index in [1.54, 1.807) is 6.92 Å². The van der Waals surface area contributed by atoms with Gasteiger partial charge in [0, 0.05) is 0 Å². The Morgan fingerprint density at radius 1 is 1.38 bits per heavy atom. The number of halogens is 2. The molecule has 0 spiro atoms. The van der Waals surface area contributed by atoms with Crippen molar-refractivity contribution in [2.24, 2.45) is 0 Å². The zero-order chi connectivity index (χ0) is 10.6. The van der Waals surface area contributed by atoms with Crippen LogP contribution >= 0.6 is 7.91 Å². The van der Waals surface area contributed by atoms with Crippen LogP contribution < -0.4 is 0 Å². The maximum absolute atomic E-state index is 11.9. The first-order valence-corrected chi connectivity index (χ1v) is 5.34. The Balaban J connectivity index is 3.42. The molecule has 0 unspecified atom stereocenters. The van der Waals surface area contributed by atoms with Crippen LogP contribution in [-0.2, 0) is 9.26 Å². The summed E-state index contributed by atoms with van der Waals surface area (Å²) in [6.45, 7) is 4.75. The molecule has 0 aromatic rings. The van der Waals surface area contributed by atoms with Gasteiger partial charge in [0.25, 0.3) is 0 Å². The molecule has 13 heavy (non-hydrogen) atoms. The van der Waals surface area contributed by atoms with Crippen molar-refractivity contribution in [3.8, 4) is 0 Å². The van der Waals surface area contributed by atoms with Crippen LogP contribution in [0.5, 0.6) is 0 Å². The molecule has 0 atom stereocenters. The fourth-order valence-corrected chi connectivity index (χ4v) is 0.869. The molecule has 0 fully saturated rings. The number of hydrogen-bond acceptors (Lipinski definition) is 4. The zero-order valence-corrected chi connectivity index (χ0v) is 8.14. The first-order valence-electron chi connectivity index (χ1n) is 3.49. The summed E-state index contributed by atoms with van der Waals surface area (Å²) in [5.74, 6) is 0. The van der Waals surface area contributed by atoms with E-state index in [0.717, 1.165) is 5.57 Å². The van der Waals surface area contributed by atoms with Gasteiger partial charge in [-0.15, -0.1) is 0 Å². The normalized spacial score (nSPS) is 15.0. The Labute approximate surface area is 75.2 Å². The predicted molar refractivity (Wildman–Crippen MR) is 45.2 cm³/mol. The summed E-state index contributed by atoms with van der Waals surface area (Å²) in [6.07, 6.45) is 0. The molecule has 0 saturated carbocycles. The van der Waals surface area contributed by atoms with Gasteiger partial charge in [0.1, 0.15) is 0 Å². The minimum absolute atomic E-state index is 0.139. The monoisotopic (exact) mass is 218 g/mol. The molecule has 0 aromatic carbocycles. The predicted octanol–water partition coefficient (Wildman–Crippen LogP) is 1.65. The molecule has 0 aliphatic rings. The second kappa shape index (κ2) is 4.39. The summed E-state index contributed by atoms with van der Waals surface area (Å²) in [4.78, 5) is 15.9. The van der Waals surface area contributed by atoms with E-state index >= 15 is 0 Å². The number of hydrogen-bond donors (Lipinski definition) is 2. The van der Waals surface area contributed by atoms with Crippen LogP contribution in [0.2, 0.25) is 0 Å². The summed E-state index contributed by atoms with van der Waals surface area (Å²) >= 11 is 0. The summed E-state index contributed by atoms with van der Waals surface area (Å²) in [5, 5.41) is 0. The Hall–Kier alpha value is -0.130. The van der Waals surface area contributed by atoms with Crippen LogP contribution in [0.3, 0.4) is 0 Å². The van der Waals surface area contributed by atoms with Crippen LogP contribution in [0, 0.1) is 0 Å². The van der Waals surface area contributed by atoms with Crippen LogP contribution in [0.15, 0.2) is 12.2 Å². The summed E-state index contributed by atoms with van der Waals surface area (Å²) in [5.41, 5.74) is 0.742. The Morgan fingerprint density at radius 2 is 1.92 bits per heavy atom. The maximum atomic E-state index is 11.9. The average molecular weight is 218 g/mol. The Morgan fingerprint density at radius 3 is 2.31 bits per heavy atom. The third-order valence-electron chi connectivity index (χ3n) is 0.880. The van der Waals surface area contributed by atoms with E-state index < -0.39 is 14.5 Å². The molecule has 7 heteroatoms. The van der Waals surface area contributed by atoms with Gasteiger partial charge in [-0.3, -0.25) is 0 Å². The van der Waals surface area contributed by atoms with Gasteiger partial charge in [-0.1, -0.05) is 0 Å². The molecule has 0 aliphatic heterocycles. The van der Waals surface area contributed by atoms with Gasteiger partial charge in [-0.25, -0.2) is 0 Å². The molecular weight excluding hydrogens is 205 g/mol. The van der Waals surface area contributed by atoms with Crippen LogP contribution in [0.25, 0.3) is 0 Å². The third-order valence-corrected chi connectivity index (χ3v) is 1.49. The van der Waals surface area contributed by atoms with E-state index in [1.807, 2.05) is 0 Å². The molecule has 4 nitrogen and oxygen atoms in total. The summed E-state index contributed by atoms with van der Waals surface area (Å²) < 4.78 is 32.2. The van der Waals surface area contributed by atoms with Crippen LogP contribution in [0.1, 0.15) is 6.92 Å². The average Bonchev–Trinajstić information content (AvgIpc) is 1.81. The molecule has 2 N–H and O–H groups in total. The van der Waals surface area contributed by atoms with E-state index in [4.69, 9.17) is 14.5 Å². The summed E-state index contributed by atoms with van der Waals surface area (Å²) in [6, 6.07) is 0. The van der Waals surface area contributed by atoms with Crippen LogP contribution in [0.4, 0.5) is 8.39 Å². The van der Waals surface area contributed by atoms with E-state index in [9.17, 15) is 8.39 Å². The van der Waals surface area contributed by atoms with Gasteiger partial charge in [0.2, 0.25) is 0 Å². The van der Waals surface area contributed by atoms with E-state index in [1.165, 1.54) is 0 Å². The van der Waals surface area contributed by atoms with Gasteiger partial charge in [-0.05, 0) is 0 Å². The van der Waals surface area contributed by atoms with Crippen molar-refractivity contribution in [2.45, 2.75) is 6.92 Å². The quantitative estimate of drug-likeness (QED) is 0.404. The molecule has 0 bridgehead atoms. The van der Waals surface area contributed by atoms with Crippen molar-refractivity contribution in [1.29, 1.82) is 0 Å². The van der Waals surface area contributed by atoms with Crippen molar-refractivity contribution in [3.63, 3.8) is 0 Å². The molecule has 0 radical (unpaired) electrons. The fraction of sp³-hybridized carbons (Fsp3) is 0.667. The van der Waals surface area contributed by atoms with Crippen molar-refractivity contribution in [1.82, 2.24) is 0 Å². The topological polar surface area (TPSA) is 58.9 Å². The first kappa shape index (κ1) is 12.9. The second-order valence-electron chi connectivity index (χ2n) is 2.60. The molecule has 0 rings (SSSR count). The van der Waals surface area contributed by atoms with Gasteiger partial charge in [-0.2, -0.15) is 0 Å². The van der Waals surface area contributed by atoms with E-state index in [2.05, 4.69) is 11.1 Å². The SMILES string of the molecule is C=C(C)COCCOP(O)(O)(F)F. The number of ether oxygens (including phenoxy) is 1. The minimum atomic E-state index is -6.79. The standard InChI is InChI=1S/C6H13F2O4P/c1-6(2)5-11-3-4-12-13(7,8,9)10/h9-10H,1,3-5H2,2H3. The fourth-order valence-electron chi connectivity index (χ4n) is 0.493. The molecule has 0 aliphatic carbocycles. The zero-order valence-electron chi connectivity index (χ0n) is 7.24. The summed E-state index contributed by atoms with van der Waals surface area (Å²) in [7, 11) is -6.79. The van der Waals surface area contributed by atoms with E-state index in [-0.39, 0.29) is 13.2 Å². The molecule has 0 amide bonds. The van der Waals surface area contributed by atoms with Gasteiger partial charge in [0.05, 0.1) is 0 Å². The molecular formula is C6H13F2O4P.